The Morgan fingerprint density at radius 1 is 1.09 bits per heavy atom. The standard InChI is InChI=1S/C27H43N3OSSi/c1-26(2,3)30-25(28-21-12-14-24-20(16-21)10-9-15-32-24)18-23(29-30)19-11-13-22(17-19)31-33(7,8)27(4,5)6/h12,14,16,18-19,22,28H,9-11,13,15,17H2,1-8H3/t19-,22+/m0/s1. The topological polar surface area (TPSA) is 39.1 Å². The molecule has 2 aromatic rings. The van der Waals surface area contributed by atoms with Gasteiger partial charge in [-0.25, -0.2) is 4.68 Å². The summed E-state index contributed by atoms with van der Waals surface area (Å²) in [5, 5.41) is 9.10. The molecule has 4 nitrogen and oxygen atoms in total. The SMILES string of the molecule is CC(C)(C)n1nc([C@H]2CC[C@@H](O[Si](C)(C)C(C)(C)C)C2)cc1Nc1ccc2c(c1)CCCS2. The average molecular weight is 486 g/mol. The Morgan fingerprint density at radius 2 is 1.85 bits per heavy atom. The van der Waals surface area contributed by atoms with E-state index in [1.54, 1.807) is 0 Å². The van der Waals surface area contributed by atoms with E-state index in [0.717, 1.165) is 25.1 Å². The largest absolute Gasteiger partial charge is 0.414 e. The van der Waals surface area contributed by atoms with Crippen LogP contribution in [0, 0.1) is 0 Å². The fourth-order valence-electron chi connectivity index (χ4n) is 4.69. The lowest BCUT2D eigenvalue weighted by Crippen LogP contribution is -2.43. The second-order valence-electron chi connectivity index (χ2n) is 12.4. The van der Waals surface area contributed by atoms with Gasteiger partial charge in [-0.2, -0.15) is 5.10 Å². The number of thioether (sulfide) groups is 1. The van der Waals surface area contributed by atoms with Crippen molar-refractivity contribution in [2.45, 2.75) is 114 Å². The highest BCUT2D eigenvalue weighted by Gasteiger charge is 2.41. The van der Waals surface area contributed by atoms with E-state index in [1.807, 2.05) is 11.8 Å². The lowest BCUT2D eigenvalue weighted by Gasteiger charge is -2.38. The Morgan fingerprint density at radius 3 is 2.55 bits per heavy atom. The molecule has 6 heteroatoms. The molecule has 2 heterocycles. The molecule has 1 aliphatic carbocycles. The molecule has 0 spiro atoms. The lowest BCUT2D eigenvalue weighted by molar-refractivity contribution is 0.186. The van der Waals surface area contributed by atoms with Gasteiger partial charge in [0.1, 0.15) is 5.82 Å². The fourth-order valence-corrected chi connectivity index (χ4v) is 7.11. The van der Waals surface area contributed by atoms with Crippen molar-refractivity contribution < 1.29 is 4.43 Å². The van der Waals surface area contributed by atoms with Gasteiger partial charge in [0.25, 0.3) is 0 Å². The van der Waals surface area contributed by atoms with Crippen molar-refractivity contribution in [2.24, 2.45) is 0 Å². The number of aromatic nitrogens is 2. The Labute approximate surface area is 206 Å². The van der Waals surface area contributed by atoms with Crippen LogP contribution in [0.15, 0.2) is 29.2 Å². The number of nitrogens with one attached hydrogen (secondary N) is 1. The minimum atomic E-state index is -1.74. The zero-order valence-electron chi connectivity index (χ0n) is 21.9. The summed E-state index contributed by atoms with van der Waals surface area (Å²) in [6, 6.07) is 9.12. The van der Waals surface area contributed by atoms with Crippen LogP contribution in [0.3, 0.4) is 0 Å². The van der Waals surface area contributed by atoms with Crippen LogP contribution in [0.25, 0.3) is 0 Å². The molecule has 1 aliphatic heterocycles. The van der Waals surface area contributed by atoms with Crippen LogP contribution in [-0.2, 0) is 16.4 Å². The van der Waals surface area contributed by atoms with E-state index in [4.69, 9.17) is 9.52 Å². The maximum Gasteiger partial charge on any atom is 0.192 e. The highest BCUT2D eigenvalue weighted by atomic mass is 32.2. The second-order valence-corrected chi connectivity index (χ2v) is 18.3. The first-order valence-corrected chi connectivity index (χ1v) is 16.5. The van der Waals surface area contributed by atoms with Crippen molar-refractivity contribution in [1.82, 2.24) is 9.78 Å². The number of anilines is 2. The van der Waals surface area contributed by atoms with Gasteiger partial charge in [-0.3, -0.25) is 0 Å². The first-order chi connectivity index (χ1) is 15.3. The summed E-state index contributed by atoms with van der Waals surface area (Å²) in [4.78, 5) is 1.44. The lowest BCUT2D eigenvalue weighted by atomic mass is 10.0. The van der Waals surface area contributed by atoms with Crippen LogP contribution in [-0.4, -0.2) is 30.0 Å². The third-order valence-electron chi connectivity index (χ3n) is 7.61. The third-order valence-corrected chi connectivity index (χ3v) is 13.4. The summed E-state index contributed by atoms with van der Waals surface area (Å²) in [6.07, 6.45) is 6.21. The molecule has 1 aromatic carbocycles. The molecule has 1 saturated carbocycles. The summed E-state index contributed by atoms with van der Waals surface area (Å²) in [5.41, 5.74) is 3.76. The zero-order valence-corrected chi connectivity index (χ0v) is 23.7. The molecule has 0 radical (unpaired) electrons. The van der Waals surface area contributed by atoms with Crippen molar-refractivity contribution in [1.29, 1.82) is 0 Å². The van der Waals surface area contributed by atoms with E-state index in [2.05, 4.69) is 88.9 Å². The molecule has 0 unspecified atom stereocenters. The molecule has 1 fully saturated rings. The van der Waals surface area contributed by atoms with Crippen LogP contribution in [0.1, 0.15) is 84.4 Å². The molecule has 1 aromatic heterocycles. The quantitative estimate of drug-likeness (QED) is 0.434. The zero-order chi connectivity index (χ0) is 24.0. The van der Waals surface area contributed by atoms with E-state index < -0.39 is 8.32 Å². The van der Waals surface area contributed by atoms with Gasteiger partial charge in [0, 0.05) is 28.7 Å². The fraction of sp³-hybridized carbons (Fsp3) is 0.667. The number of hydrogen-bond acceptors (Lipinski definition) is 4. The normalized spacial score (nSPS) is 21.8. The number of aryl methyl sites for hydroxylation is 1. The molecular formula is C27H43N3OSSi. The molecule has 0 saturated heterocycles. The van der Waals surface area contributed by atoms with Gasteiger partial charge in [0.2, 0.25) is 0 Å². The maximum atomic E-state index is 6.75. The summed E-state index contributed by atoms with van der Waals surface area (Å²) in [5.74, 6) is 2.81. The summed E-state index contributed by atoms with van der Waals surface area (Å²) < 4.78 is 8.93. The maximum absolute atomic E-state index is 6.75. The number of nitrogens with zero attached hydrogens (tertiary/aromatic N) is 2. The highest BCUT2D eigenvalue weighted by molar-refractivity contribution is 7.99. The van der Waals surface area contributed by atoms with Gasteiger partial charge in [-0.1, -0.05) is 20.8 Å². The molecule has 0 amide bonds. The minimum absolute atomic E-state index is 0.0830. The predicted octanol–water partition coefficient (Wildman–Crippen LogP) is 8.08. The highest BCUT2D eigenvalue weighted by Crippen LogP contribution is 2.43. The predicted molar refractivity (Wildman–Crippen MR) is 145 cm³/mol. The Bertz CT molecular complexity index is 986. The monoisotopic (exact) mass is 485 g/mol. The molecule has 0 bridgehead atoms. The van der Waals surface area contributed by atoms with Crippen molar-refractivity contribution >= 4 is 31.6 Å². The molecule has 2 aliphatic rings. The molecule has 4 rings (SSSR count). The van der Waals surface area contributed by atoms with Crippen molar-refractivity contribution in [3.05, 3.63) is 35.5 Å². The van der Waals surface area contributed by atoms with Crippen LogP contribution in [0.4, 0.5) is 11.5 Å². The van der Waals surface area contributed by atoms with Crippen LogP contribution in [0.2, 0.25) is 18.1 Å². The Kier molecular flexibility index (Phi) is 6.84. The average Bonchev–Trinajstić information content (AvgIpc) is 3.33. The second kappa shape index (κ2) is 9.08. The van der Waals surface area contributed by atoms with Gasteiger partial charge in [0.05, 0.1) is 11.2 Å². The summed E-state index contributed by atoms with van der Waals surface area (Å²) in [7, 11) is -1.74. The minimum Gasteiger partial charge on any atom is -0.414 e. The smallest absolute Gasteiger partial charge is 0.192 e. The van der Waals surface area contributed by atoms with Gasteiger partial charge in [-0.15, -0.1) is 11.8 Å². The number of fused-ring (bicyclic) bond motifs is 1. The Hall–Kier alpha value is -1.24. The third kappa shape index (κ3) is 5.54. The van der Waals surface area contributed by atoms with Crippen LogP contribution in [0.5, 0.6) is 0 Å². The van der Waals surface area contributed by atoms with Gasteiger partial charge in [-0.05, 0) is 101 Å². The molecule has 182 valence electrons. The van der Waals surface area contributed by atoms with Gasteiger partial charge in [0.15, 0.2) is 8.32 Å². The van der Waals surface area contributed by atoms with E-state index in [-0.39, 0.29) is 10.6 Å². The van der Waals surface area contributed by atoms with E-state index in [1.165, 1.54) is 40.4 Å². The van der Waals surface area contributed by atoms with Crippen molar-refractivity contribution in [3.63, 3.8) is 0 Å². The van der Waals surface area contributed by atoms with Crippen molar-refractivity contribution in [2.75, 3.05) is 11.1 Å². The van der Waals surface area contributed by atoms with Gasteiger partial charge < -0.3 is 9.74 Å². The number of hydrogen-bond donors (Lipinski definition) is 1. The summed E-state index contributed by atoms with van der Waals surface area (Å²) >= 11 is 1.98. The van der Waals surface area contributed by atoms with E-state index in [9.17, 15) is 0 Å². The molecule has 2 atom stereocenters. The summed E-state index contributed by atoms with van der Waals surface area (Å²) in [6.45, 7) is 18.4. The van der Waals surface area contributed by atoms with Crippen LogP contribution < -0.4 is 5.32 Å². The number of benzene rings is 1. The molecule has 1 N–H and O–H groups in total. The first kappa shape index (κ1) is 24.9. The van der Waals surface area contributed by atoms with E-state index in [0.29, 0.717) is 12.0 Å². The van der Waals surface area contributed by atoms with Gasteiger partial charge >= 0.3 is 0 Å². The number of rotatable bonds is 5. The van der Waals surface area contributed by atoms with E-state index >= 15 is 0 Å². The van der Waals surface area contributed by atoms with Crippen molar-refractivity contribution in [3.8, 4) is 0 Å². The molecule has 33 heavy (non-hydrogen) atoms. The Balaban J connectivity index is 1.53. The molecular weight excluding hydrogens is 442 g/mol. The van der Waals surface area contributed by atoms with Crippen LogP contribution >= 0.6 is 11.8 Å². The first-order valence-electron chi connectivity index (χ1n) is 12.6.